The van der Waals surface area contributed by atoms with Gasteiger partial charge in [0, 0.05) is 29.1 Å². The van der Waals surface area contributed by atoms with E-state index in [2.05, 4.69) is 10.6 Å². The Balaban J connectivity index is 1.87. The lowest BCUT2D eigenvalue weighted by Crippen LogP contribution is -2.15. The van der Waals surface area contributed by atoms with Crippen molar-refractivity contribution in [2.45, 2.75) is 19.6 Å². The maximum atomic E-state index is 12.0. The van der Waals surface area contributed by atoms with Crippen LogP contribution in [-0.2, 0) is 15.3 Å². The molecule has 0 aromatic heterocycles. The summed E-state index contributed by atoms with van der Waals surface area (Å²) in [6.45, 7) is 3.36. The predicted molar refractivity (Wildman–Crippen MR) is 102 cm³/mol. The number of benzene rings is 2. The van der Waals surface area contributed by atoms with Gasteiger partial charge in [-0.1, -0.05) is 29.8 Å². The fourth-order valence-corrected chi connectivity index (χ4v) is 3.10. The minimum absolute atomic E-state index is 0.0837. The molecular weight excluding hydrogens is 344 g/mol. The average molecular weight is 363 g/mol. The number of amides is 2. The Hall–Kier alpha value is -1.98. The number of halogens is 1. The zero-order valence-corrected chi connectivity index (χ0v) is 15.1. The molecule has 0 saturated heterocycles. The molecular formula is C18H19ClN2O2S. The fraction of sp³-hybridized carbons (Fsp3) is 0.222. The lowest BCUT2D eigenvalue weighted by atomic mass is 10.2. The van der Waals surface area contributed by atoms with Gasteiger partial charge in [-0.25, -0.2) is 0 Å². The number of anilines is 2. The van der Waals surface area contributed by atoms with E-state index in [1.54, 1.807) is 6.07 Å². The van der Waals surface area contributed by atoms with Gasteiger partial charge in [0.2, 0.25) is 11.8 Å². The van der Waals surface area contributed by atoms with E-state index in [1.165, 1.54) is 18.7 Å². The third-order valence-corrected chi connectivity index (χ3v) is 4.46. The highest BCUT2D eigenvalue weighted by molar-refractivity contribution is 7.99. The Bertz CT molecular complexity index is 750. The van der Waals surface area contributed by atoms with E-state index in [4.69, 9.17) is 11.6 Å². The number of hydrogen-bond acceptors (Lipinski definition) is 3. The normalized spacial score (nSPS) is 10.3. The molecule has 126 valence electrons. The second kappa shape index (κ2) is 8.76. The lowest BCUT2D eigenvalue weighted by Gasteiger charge is -2.10. The lowest BCUT2D eigenvalue weighted by molar-refractivity contribution is -0.114. The molecule has 4 nitrogen and oxygen atoms in total. The monoisotopic (exact) mass is 362 g/mol. The molecule has 2 N–H and O–H groups in total. The first kappa shape index (κ1) is 18.4. The van der Waals surface area contributed by atoms with Crippen LogP contribution >= 0.6 is 23.4 Å². The van der Waals surface area contributed by atoms with E-state index >= 15 is 0 Å². The van der Waals surface area contributed by atoms with Crippen molar-refractivity contribution in [2.24, 2.45) is 0 Å². The van der Waals surface area contributed by atoms with Crippen LogP contribution in [0.3, 0.4) is 0 Å². The molecule has 6 heteroatoms. The van der Waals surface area contributed by atoms with Crippen LogP contribution in [0.2, 0.25) is 5.02 Å². The molecule has 0 aliphatic carbocycles. The maximum absolute atomic E-state index is 12.0. The Morgan fingerprint density at radius 3 is 2.62 bits per heavy atom. The van der Waals surface area contributed by atoms with E-state index in [0.29, 0.717) is 22.2 Å². The zero-order chi connectivity index (χ0) is 17.5. The topological polar surface area (TPSA) is 58.2 Å². The van der Waals surface area contributed by atoms with Crippen LogP contribution in [0.25, 0.3) is 0 Å². The maximum Gasteiger partial charge on any atom is 0.234 e. The molecule has 0 atom stereocenters. The highest BCUT2D eigenvalue weighted by Crippen LogP contribution is 2.21. The summed E-state index contributed by atoms with van der Waals surface area (Å²) in [5.74, 6) is 0.841. The van der Waals surface area contributed by atoms with Crippen molar-refractivity contribution in [3.8, 4) is 0 Å². The van der Waals surface area contributed by atoms with Crippen LogP contribution in [0.1, 0.15) is 18.1 Å². The second-order valence-corrected chi connectivity index (χ2v) is 6.80. The number of carbonyl (C=O) groups excluding carboxylic acids is 2. The van der Waals surface area contributed by atoms with Crippen molar-refractivity contribution >= 4 is 46.6 Å². The van der Waals surface area contributed by atoms with Gasteiger partial charge < -0.3 is 10.6 Å². The zero-order valence-electron chi connectivity index (χ0n) is 13.6. The number of thioether (sulfide) groups is 1. The first-order valence-corrected chi connectivity index (χ1v) is 8.97. The first-order chi connectivity index (χ1) is 11.4. The van der Waals surface area contributed by atoms with E-state index in [0.717, 1.165) is 16.9 Å². The quantitative estimate of drug-likeness (QED) is 0.796. The summed E-state index contributed by atoms with van der Waals surface area (Å²) in [5, 5.41) is 6.29. The molecule has 2 rings (SSSR count). The average Bonchev–Trinajstić information content (AvgIpc) is 2.50. The summed E-state index contributed by atoms with van der Waals surface area (Å²) in [5.41, 5.74) is 3.40. The van der Waals surface area contributed by atoms with Crippen molar-refractivity contribution in [3.63, 3.8) is 0 Å². The van der Waals surface area contributed by atoms with E-state index in [1.807, 2.05) is 43.3 Å². The van der Waals surface area contributed by atoms with Crippen LogP contribution < -0.4 is 10.6 Å². The highest BCUT2D eigenvalue weighted by atomic mass is 35.5. The van der Waals surface area contributed by atoms with Gasteiger partial charge in [-0.2, -0.15) is 0 Å². The molecule has 2 aromatic carbocycles. The van der Waals surface area contributed by atoms with Crippen LogP contribution in [0.15, 0.2) is 42.5 Å². The molecule has 0 heterocycles. The van der Waals surface area contributed by atoms with Crippen molar-refractivity contribution in [1.29, 1.82) is 0 Å². The SMILES string of the molecule is CC(=O)Nc1cc(NC(=O)CSCc2cccc(Cl)c2)ccc1C. The molecule has 0 aliphatic rings. The van der Waals surface area contributed by atoms with E-state index < -0.39 is 0 Å². The second-order valence-electron chi connectivity index (χ2n) is 5.38. The van der Waals surface area contributed by atoms with Gasteiger partial charge in [-0.3, -0.25) is 9.59 Å². The first-order valence-electron chi connectivity index (χ1n) is 7.44. The summed E-state index contributed by atoms with van der Waals surface area (Å²) in [7, 11) is 0. The Morgan fingerprint density at radius 1 is 1.12 bits per heavy atom. The molecule has 0 spiro atoms. The summed E-state index contributed by atoms with van der Waals surface area (Å²) in [6, 6.07) is 13.0. The van der Waals surface area contributed by atoms with Crippen LogP contribution in [0.4, 0.5) is 11.4 Å². The van der Waals surface area contributed by atoms with Gasteiger partial charge in [0.1, 0.15) is 0 Å². The number of hydrogen-bond donors (Lipinski definition) is 2. The Morgan fingerprint density at radius 2 is 1.92 bits per heavy atom. The number of nitrogens with one attached hydrogen (secondary N) is 2. The smallest absolute Gasteiger partial charge is 0.234 e. The molecule has 0 radical (unpaired) electrons. The third kappa shape index (κ3) is 5.91. The van der Waals surface area contributed by atoms with Gasteiger partial charge >= 0.3 is 0 Å². The summed E-state index contributed by atoms with van der Waals surface area (Å²) in [4.78, 5) is 23.2. The molecule has 2 aromatic rings. The van der Waals surface area contributed by atoms with Crippen LogP contribution in [0, 0.1) is 6.92 Å². The van der Waals surface area contributed by atoms with Crippen LogP contribution in [-0.4, -0.2) is 17.6 Å². The number of carbonyl (C=O) groups is 2. The van der Waals surface area contributed by atoms with Gasteiger partial charge in [-0.15, -0.1) is 11.8 Å². The van der Waals surface area contributed by atoms with Crippen molar-refractivity contribution in [1.82, 2.24) is 0 Å². The molecule has 0 aliphatic heterocycles. The molecule has 0 fully saturated rings. The largest absolute Gasteiger partial charge is 0.326 e. The minimum atomic E-state index is -0.140. The van der Waals surface area contributed by atoms with E-state index in [9.17, 15) is 9.59 Å². The Labute approximate surface area is 151 Å². The molecule has 2 amide bonds. The molecule has 0 unspecified atom stereocenters. The number of aryl methyl sites for hydroxylation is 1. The van der Waals surface area contributed by atoms with Gasteiger partial charge in [-0.05, 0) is 42.3 Å². The Kier molecular flexibility index (Phi) is 6.70. The third-order valence-electron chi connectivity index (χ3n) is 3.22. The van der Waals surface area contributed by atoms with Gasteiger partial charge in [0.25, 0.3) is 0 Å². The molecule has 24 heavy (non-hydrogen) atoms. The predicted octanol–water partition coefficient (Wildman–Crippen LogP) is 4.48. The standard InChI is InChI=1S/C18H19ClN2O2S/c1-12-6-7-16(9-17(12)20-13(2)22)21-18(23)11-24-10-14-4-3-5-15(19)8-14/h3-9H,10-11H2,1-2H3,(H,20,22)(H,21,23). The molecule has 0 saturated carbocycles. The summed E-state index contributed by atoms with van der Waals surface area (Å²) in [6.07, 6.45) is 0. The van der Waals surface area contributed by atoms with Crippen molar-refractivity contribution in [2.75, 3.05) is 16.4 Å². The summed E-state index contributed by atoms with van der Waals surface area (Å²) < 4.78 is 0. The van der Waals surface area contributed by atoms with Crippen molar-refractivity contribution < 1.29 is 9.59 Å². The van der Waals surface area contributed by atoms with Crippen molar-refractivity contribution in [3.05, 3.63) is 58.6 Å². The highest BCUT2D eigenvalue weighted by Gasteiger charge is 2.06. The molecule has 0 bridgehead atoms. The van der Waals surface area contributed by atoms with Gasteiger partial charge in [0.05, 0.1) is 5.75 Å². The minimum Gasteiger partial charge on any atom is -0.326 e. The summed E-state index contributed by atoms with van der Waals surface area (Å²) >= 11 is 7.46. The number of rotatable bonds is 6. The van der Waals surface area contributed by atoms with E-state index in [-0.39, 0.29) is 11.8 Å². The fourth-order valence-electron chi connectivity index (χ4n) is 2.11. The van der Waals surface area contributed by atoms with Gasteiger partial charge in [0.15, 0.2) is 0 Å². The van der Waals surface area contributed by atoms with Crippen LogP contribution in [0.5, 0.6) is 0 Å².